The molecule has 0 spiro atoms. The zero-order chi connectivity index (χ0) is 22.7. The molecule has 1 aliphatic rings. The molecule has 4 aromatic heterocycles. The minimum atomic E-state index is -0.248. The summed E-state index contributed by atoms with van der Waals surface area (Å²) in [6.45, 7) is 6.65. The summed E-state index contributed by atoms with van der Waals surface area (Å²) in [7, 11) is 0. The lowest BCUT2D eigenvalue weighted by atomic mass is 9.94. The monoisotopic (exact) mass is 479 g/mol. The molecule has 33 heavy (non-hydrogen) atoms. The average Bonchev–Trinajstić information content (AvgIpc) is 3.46. The molecule has 0 fully saturated rings. The Hall–Kier alpha value is -3.02. The van der Waals surface area contributed by atoms with Gasteiger partial charge in [0.1, 0.15) is 10.7 Å². The number of para-hydroxylation sites is 1. The highest BCUT2D eigenvalue weighted by Gasteiger charge is 2.32. The first-order valence-corrected chi connectivity index (χ1v) is 12.4. The normalized spacial score (nSPS) is 15.4. The molecule has 11 heteroatoms. The van der Waals surface area contributed by atoms with Crippen molar-refractivity contribution in [1.29, 1.82) is 0 Å². The number of thioether (sulfide) groups is 1. The van der Waals surface area contributed by atoms with Gasteiger partial charge in [-0.05, 0) is 38.5 Å². The van der Waals surface area contributed by atoms with E-state index in [0.717, 1.165) is 28.0 Å². The van der Waals surface area contributed by atoms with E-state index in [9.17, 15) is 4.79 Å². The Labute approximate surface area is 197 Å². The summed E-state index contributed by atoms with van der Waals surface area (Å²) in [6.07, 6.45) is 0.791. The number of carbonyl (C=O) groups excluding carboxylic acids is 1. The van der Waals surface area contributed by atoms with Crippen LogP contribution in [0.2, 0.25) is 0 Å². The van der Waals surface area contributed by atoms with E-state index >= 15 is 0 Å². The number of ether oxygens (including phenoxy) is 1. The van der Waals surface area contributed by atoms with Crippen molar-refractivity contribution in [2.45, 2.75) is 44.6 Å². The minimum absolute atomic E-state index is 0.0995. The molecule has 1 N–H and O–H groups in total. The number of aromatic nitrogens is 6. The number of anilines is 1. The Balaban J connectivity index is 1.45. The first kappa shape index (κ1) is 20.6. The molecule has 0 saturated carbocycles. The van der Waals surface area contributed by atoms with Gasteiger partial charge in [-0.3, -0.25) is 4.79 Å². The zero-order valence-electron chi connectivity index (χ0n) is 18.3. The highest BCUT2D eigenvalue weighted by atomic mass is 32.2. The number of hydrogen-bond acceptors (Lipinski definition) is 8. The van der Waals surface area contributed by atoms with Crippen LogP contribution in [0.3, 0.4) is 0 Å². The fourth-order valence-electron chi connectivity index (χ4n) is 4.16. The van der Waals surface area contributed by atoms with Crippen molar-refractivity contribution in [3.8, 4) is 0 Å². The maximum Gasteiger partial charge on any atom is 0.260 e. The second-order valence-corrected chi connectivity index (χ2v) is 10.7. The molecular weight excluding hydrogens is 458 g/mol. The van der Waals surface area contributed by atoms with Gasteiger partial charge in [-0.2, -0.15) is 4.52 Å². The maximum absolute atomic E-state index is 12.5. The minimum Gasteiger partial charge on any atom is -0.370 e. The van der Waals surface area contributed by atoms with E-state index in [-0.39, 0.29) is 17.3 Å². The van der Waals surface area contributed by atoms with E-state index in [1.165, 1.54) is 22.2 Å². The number of hydrogen-bond donors (Lipinski definition) is 1. The zero-order valence-corrected chi connectivity index (χ0v) is 20.0. The van der Waals surface area contributed by atoms with Crippen LogP contribution >= 0.6 is 23.1 Å². The van der Waals surface area contributed by atoms with Crippen molar-refractivity contribution in [3.05, 3.63) is 46.6 Å². The predicted molar refractivity (Wildman–Crippen MR) is 128 cm³/mol. The number of thiophene rings is 1. The highest BCUT2D eigenvalue weighted by molar-refractivity contribution is 7.99. The van der Waals surface area contributed by atoms with Gasteiger partial charge in [-0.25, -0.2) is 9.38 Å². The lowest BCUT2D eigenvalue weighted by molar-refractivity contribution is -0.113. The standard InChI is InChI=1S/C22H21N7O2S2/c1-12-23-18-17-14-9-22(2,3)31-10-15(14)33-19(17)28-20(29(18)27-12)25-26-21(28)32-11-16(30)24-13-7-5-4-6-8-13/h4-8H,9-11H2,1-3H3,(H,24,30). The Morgan fingerprint density at radius 1 is 1.27 bits per heavy atom. The topological polar surface area (TPSA) is 98.7 Å². The number of benzene rings is 1. The molecule has 0 saturated heterocycles. The molecule has 0 radical (unpaired) electrons. The highest BCUT2D eigenvalue weighted by Crippen LogP contribution is 2.41. The van der Waals surface area contributed by atoms with Gasteiger partial charge in [0, 0.05) is 17.0 Å². The van der Waals surface area contributed by atoms with Gasteiger partial charge >= 0.3 is 0 Å². The van der Waals surface area contributed by atoms with Crippen molar-refractivity contribution in [2.75, 3.05) is 11.1 Å². The van der Waals surface area contributed by atoms with Crippen LogP contribution < -0.4 is 5.32 Å². The van der Waals surface area contributed by atoms with Gasteiger partial charge in [0.2, 0.25) is 5.91 Å². The molecule has 5 aromatic rings. The van der Waals surface area contributed by atoms with Crippen molar-refractivity contribution >= 4 is 56.3 Å². The smallest absolute Gasteiger partial charge is 0.260 e. The maximum atomic E-state index is 12.5. The van der Waals surface area contributed by atoms with E-state index in [2.05, 4.69) is 34.5 Å². The van der Waals surface area contributed by atoms with Crippen LogP contribution in [0, 0.1) is 6.92 Å². The van der Waals surface area contributed by atoms with Gasteiger partial charge in [-0.1, -0.05) is 30.0 Å². The summed E-state index contributed by atoms with van der Waals surface area (Å²) in [5.41, 5.74) is 2.56. The fourth-order valence-corrected chi connectivity index (χ4v) is 6.18. The molecule has 0 unspecified atom stereocenters. The number of fused-ring (bicyclic) bond motifs is 8. The Morgan fingerprint density at radius 2 is 2.09 bits per heavy atom. The van der Waals surface area contributed by atoms with Crippen LogP contribution in [-0.2, 0) is 22.6 Å². The molecule has 6 rings (SSSR count). The number of aryl methyl sites for hydroxylation is 1. The summed E-state index contributed by atoms with van der Waals surface area (Å²) in [4.78, 5) is 19.4. The first-order chi connectivity index (χ1) is 15.9. The van der Waals surface area contributed by atoms with Crippen LogP contribution in [0.25, 0.3) is 21.6 Å². The fraction of sp³-hybridized carbons (Fsp3) is 0.318. The van der Waals surface area contributed by atoms with Crippen molar-refractivity contribution in [2.24, 2.45) is 0 Å². The number of nitrogens with zero attached hydrogens (tertiary/aromatic N) is 6. The van der Waals surface area contributed by atoms with E-state index in [0.29, 0.717) is 23.4 Å². The summed E-state index contributed by atoms with van der Waals surface area (Å²) in [6, 6.07) is 9.42. The average molecular weight is 480 g/mol. The van der Waals surface area contributed by atoms with E-state index in [4.69, 9.17) is 9.72 Å². The molecule has 1 aromatic carbocycles. The number of rotatable bonds is 4. The van der Waals surface area contributed by atoms with Crippen molar-refractivity contribution in [1.82, 2.24) is 29.2 Å². The Morgan fingerprint density at radius 3 is 2.91 bits per heavy atom. The molecule has 0 atom stereocenters. The molecule has 168 valence electrons. The largest absolute Gasteiger partial charge is 0.370 e. The molecule has 0 bridgehead atoms. The second kappa shape index (κ2) is 7.51. The van der Waals surface area contributed by atoms with Gasteiger partial charge < -0.3 is 10.1 Å². The number of nitrogens with one attached hydrogen (secondary N) is 1. The van der Waals surface area contributed by atoms with Crippen LogP contribution in [0.5, 0.6) is 0 Å². The van der Waals surface area contributed by atoms with Gasteiger partial charge in [0.25, 0.3) is 5.78 Å². The van der Waals surface area contributed by atoms with E-state index < -0.39 is 0 Å². The summed E-state index contributed by atoms with van der Waals surface area (Å²) in [5.74, 6) is 1.38. The number of carbonyl (C=O) groups is 1. The van der Waals surface area contributed by atoms with Crippen LogP contribution in [0.4, 0.5) is 5.69 Å². The van der Waals surface area contributed by atoms with E-state index in [1.807, 2.05) is 41.7 Å². The summed E-state index contributed by atoms with van der Waals surface area (Å²) in [5, 5.41) is 18.0. The molecule has 9 nitrogen and oxygen atoms in total. The molecular formula is C22H21N7O2S2. The van der Waals surface area contributed by atoms with Gasteiger partial charge in [-0.15, -0.1) is 26.6 Å². The van der Waals surface area contributed by atoms with Gasteiger partial charge in [0.05, 0.1) is 23.3 Å². The SMILES string of the molecule is Cc1nc2c3c4c(sc3n3c(SCC(=O)Nc5ccccc5)nnc3n2n1)COC(C)(C)C4. The van der Waals surface area contributed by atoms with Crippen LogP contribution in [0.15, 0.2) is 35.5 Å². The Kier molecular flexibility index (Phi) is 4.68. The summed E-state index contributed by atoms with van der Waals surface area (Å²) < 4.78 is 9.82. The predicted octanol–water partition coefficient (Wildman–Crippen LogP) is 3.88. The summed E-state index contributed by atoms with van der Waals surface area (Å²) >= 11 is 3.02. The lowest BCUT2D eigenvalue weighted by Crippen LogP contribution is -2.31. The molecule has 0 aliphatic carbocycles. The molecule has 1 aliphatic heterocycles. The third-order valence-electron chi connectivity index (χ3n) is 5.60. The van der Waals surface area contributed by atoms with Gasteiger partial charge in [0.15, 0.2) is 10.8 Å². The van der Waals surface area contributed by atoms with Crippen LogP contribution in [0.1, 0.15) is 30.1 Å². The molecule has 1 amide bonds. The first-order valence-electron chi connectivity index (χ1n) is 10.6. The Bertz CT molecular complexity index is 1530. The third kappa shape index (κ3) is 3.47. The third-order valence-corrected chi connectivity index (χ3v) is 7.72. The van der Waals surface area contributed by atoms with Crippen molar-refractivity contribution in [3.63, 3.8) is 0 Å². The van der Waals surface area contributed by atoms with E-state index in [1.54, 1.807) is 15.9 Å². The van der Waals surface area contributed by atoms with Crippen molar-refractivity contribution < 1.29 is 9.53 Å². The lowest BCUT2D eigenvalue weighted by Gasteiger charge is -2.30. The quantitative estimate of drug-likeness (QED) is 0.391. The number of amides is 1. The second-order valence-electron chi connectivity index (χ2n) is 8.62. The van der Waals surface area contributed by atoms with Crippen LogP contribution in [-0.4, -0.2) is 46.5 Å². The molecule has 5 heterocycles.